The summed E-state index contributed by atoms with van der Waals surface area (Å²) < 4.78 is 0. The summed E-state index contributed by atoms with van der Waals surface area (Å²) in [7, 11) is 0. The molecule has 6 nitrogen and oxygen atoms in total. The van der Waals surface area contributed by atoms with Crippen LogP contribution in [0.2, 0.25) is 0 Å². The SMILES string of the molecule is CC(C)(C)c1cc(CN2CCN(c3ncccc3C#N)CC2)[nH]n1. The van der Waals surface area contributed by atoms with Crippen molar-refractivity contribution < 1.29 is 0 Å². The third kappa shape index (κ3) is 3.57. The lowest BCUT2D eigenvalue weighted by Gasteiger charge is -2.35. The van der Waals surface area contributed by atoms with E-state index < -0.39 is 0 Å². The Balaban J connectivity index is 1.60. The highest BCUT2D eigenvalue weighted by Crippen LogP contribution is 2.22. The van der Waals surface area contributed by atoms with Crippen LogP contribution < -0.4 is 4.90 Å². The molecule has 3 rings (SSSR count). The number of aromatic nitrogens is 3. The van der Waals surface area contributed by atoms with Crippen molar-refractivity contribution in [3.8, 4) is 6.07 Å². The zero-order valence-electron chi connectivity index (χ0n) is 14.6. The molecule has 2 aromatic heterocycles. The van der Waals surface area contributed by atoms with E-state index in [1.807, 2.05) is 12.1 Å². The third-order valence-corrected chi connectivity index (χ3v) is 4.37. The van der Waals surface area contributed by atoms with E-state index in [2.05, 4.69) is 57.9 Å². The lowest BCUT2D eigenvalue weighted by Crippen LogP contribution is -2.46. The van der Waals surface area contributed by atoms with Crippen LogP contribution in [0.3, 0.4) is 0 Å². The molecule has 0 amide bonds. The number of nitrogens with one attached hydrogen (secondary N) is 1. The number of anilines is 1. The quantitative estimate of drug-likeness (QED) is 0.938. The zero-order valence-corrected chi connectivity index (χ0v) is 14.6. The van der Waals surface area contributed by atoms with Gasteiger partial charge in [-0.3, -0.25) is 10.00 Å². The topological polar surface area (TPSA) is 71.8 Å². The summed E-state index contributed by atoms with van der Waals surface area (Å²) in [5, 5.41) is 16.8. The highest BCUT2D eigenvalue weighted by Gasteiger charge is 2.22. The largest absolute Gasteiger partial charge is 0.353 e. The van der Waals surface area contributed by atoms with Gasteiger partial charge in [-0.1, -0.05) is 20.8 Å². The van der Waals surface area contributed by atoms with Gasteiger partial charge in [0.15, 0.2) is 0 Å². The van der Waals surface area contributed by atoms with Crippen LogP contribution >= 0.6 is 0 Å². The van der Waals surface area contributed by atoms with E-state index in [9.17, 15) is 5.26 Å². The average Bonchev–Trinajstić information content (AvgIpc) is 3.04. The molecule has 0 radical (unpaired) electrons. The van der Waals surface area contributed by atoms with Crippen molar-refractivity contribution in [2.24, 2.45) is 0 Å². The Morgan fingerprint density at radius 3 is 2.62 bits per heavy atom. The average molecular weight is 324 g/mol. The Kier molecular flexibility index (Phi) is 4.54. The highest BCUT2D eigenvalue weighted by molar-refractivity contribution is 5.53. The Morgan fingerprint density at radius 2 is 2.00 bits per heavy atom. The molecule has 1 saturated heterocycles. The van der Waals surface area contributed by atoms with Crippen LogP contribution in [-0.4, -0.2) is 46.3 Å². The van der Waals surface area contributed by atoms with E-state index in [1.54, 1.807) is 6.20 Å². The van der Waals surface area contributed by atoms with E-state index >= 15 is 0 Å². The van der Waals surface area contributed by atoms with Crippen molar-refractivity contribution in [3.05, 3.63) is 41.3 Å². The highest BCUT2D eigenvalue weighted by atomic mass is 15.3. The lowest BCUT2D eigenvalue weighted by atomic mass is 9.92. The number of hydrogen-bond donors (Lipinski definition) is 1. The second-order valence-electron chi connectivity index (χ2n) is 7.28. The summed E-state index contributed by atoms with van der Waals surface area (Å²) in [5.74, 6) is 0.802. The summed E-state index contributed by atoms with van der Waals surface area (Å²) >= 11 is 0. The van der Waals surface area contributed by atoms with Crippen LogP contribution in [0.25, 0.3) is 0 Å². The molecule has 0 bridgehead atoms. The van der Waals surface area contributed by atoms with Crippen molar-refractivity contribution in [2.75, 3.05) is 31.1 Å². The van der Waals surface area contributed by atoms with E-state index in [1.165, 1.54) is 0 Å². The first kappa shape index (κ1) is 16.5. The number of piperazine rings is 1. The minimum Gasteiger partial charge on any atom is -0.353 e. The maximum absolute atomic E-state index is 9.23. The van der Waals surface area contributed by atoms with Crippen molar-refractivity contribution in [3.63, 3.8) is 0 Å². The molecule has 0 aromatic carbocycles. The lowest BCUT2D eigenvalue weighted by molar-refractivity contribution is 0.246. The molecule has 2 aromatic rings. The van der Waals surface area contributed by atoms with Gasteiger partial charge in [0, 0.05) is 50.0 Å². The van der Waals surface area contributed by atoms with E-state index in [4.69, 9.17) is 0 Å². The molecule has 126 valence electrons. The molecule has 1 aliphatic rings. The van der Waals surface area contributed by atoms with Crippen LogP contribution in [0.1, 0.15) is 37.7 Å². The summed E-state index contributed by atoms with van der Waals surface area (Å²) in [4.78, 5) is 8.99. The standard InChI is InChI=1S/C18H24N6/c1-18(2,3)16-11-15(21-22-16)13-23-7-9-24(10-8-23)17-14(12-19)5-4-6-20-17/h4-6,11H,7-10,13H2,1-3H3,(H,21,22). The number of rotatable bonds is 3. The van der Waals surface area contributed by atoms with Crippen molar-refractivity contribution >= 4 is 5.82 Å². The fourth-order valence-corrected chi connectivity index (χ4v) is 2.92. The van der Waals surface area contributed by atoms with Crippen molar-refractivity contribution in [1.29, 1.82) is 5.26 Å². The predicted molar refractivity (Wildman–Crippen MR) is 93.7 cm³/mol. The number of nitriles is 1. The Hall–Kier alpha value is -2.39. The van der Waals surface area contributed by atoms with Gasteiger partial charge in [0.1, 0.15) is 11.9 Å². The maximum atomic E-state index is 9.23. The molecule has 0 saturated carbocycles. The molecule has 0 spiro atoms. The molecular formula is C18H24N6. The van der Waals surface area contributed by atoms with Crippen LogP contribution in [0, 0.1) is 11.3 Å². The molecule has 0 unspecified atom stereocenters. The van der Waals surface area contributed by atoms with Crippen molar-refractivity contribution in [2.45, 2.75) is 32.7 Å². The smallest absolute Gasteiger partial charge is 0.146 e. The van der Waals surface area contributed by atoms with Crippen LogP contribution in [0.4, 0.5) is 5.82 Å². The molecule has 0 atom stereocenters. The Labute approximate surface area is 143 Å². The molecule has 24 heavy (non-hydrogen) atoms. The van der Waals surface area contributed by atoms with E-state index in [0.717, 1.165) is 49.9 Å². The normalized spacial score (nSPS) is 16.2. The maximum Gasteiger partial charge on any atom is 0.146 e. The minimum atomic E-state index is 0.0696. The fraction of sp³-hybridized carbons (Fsp3) is 0.500. The zero-order chi connectivity index (χ0) is 17.2. The number of hydrogen-bond acceptors (Lipinski definition) is 5. The van der Waals surface area contributed by atoms with Crippen LogP contribution in [0.15, 0.2) is 24.4 Å². The third-order valence-electron chi connectivity index (χ3n) is 4.37. The predicted octanol–water partition coefficient (Wildman–Crippen LogP) is 2.30. The number of nitrogens with zero attached hydrogens (tertiary/aromatic N) is 5. The Morgan fingerprint density at radius 1 is 1.25 bits per heavy atom. The van der Waals surface area contributed by atoms with Gasteiger partial charge in [-0.15, -0.1) is 0 Å². The summed E-state index contributed by atoms with van der Waals surface area (Å²) in [6, 6.07) is 8.03. The molecule has 1 fully saturated rings. The second kappa shape index (κ2) is 6.62. The molecular weight excluding hydrogens is 300 g/mol. The molecule has 0 aliphatic carbocycles. The summed E-state index contributed by atoms with van der Waals surface area (Å²) in [6.45, 7) is 11.1. The number of pyridine rings is 1. The number of aromatic amines is 1. The monoisotopic (exact) mass is 324 g/mol. The fourth-order valence-electron chi connectivity index (χ4n) is 2.92. The first-order chi connectivity index (χ1) is 11.5. The van der Waals surface area contributed by atoms with Crippen LogP contribution in [-0.2, 0) is 12.0 Å². The van der Waals surface area contributed by atoms with Gasteiger partial charge in [-0.2, -0.15) is 10.4 Å². The molecule has 6 heteroatoms. The summed E-state index contributed by atoms with van der Waals surface area (Å²) in [6.07, 6.45) is 1.75. The summed E-state index contributed by atoms with van der Waals surface area (Å²) in [5.41, 5.74) is 2.97. The Bertz CT molecular complexity index is 728. The molecule has 1 N–H and O–H groups in total. The first-order valence-electron chi connectivity index (χ1n) is 8.34. The molecule has 3 heterocycles. The van der Waals surface area contributed by atoms with E-state index in [-0.39, 0.29) is 5.41 Å². The second-order valence-corrected chi connectivity index (χ2v) is 7.28. The van der Waals surface area contributed by atoms with Gasteiger partial charge < -0.3 is 4.90 Å². The van der Waals surface area contributed by atoms with Gasteiger partial charge in [-0.25, -0.2) is 4.98 Å². The van der Waals surface area contributed by atoms with Gasteiger partial charge in [0.05, 0.1) is 11.3 Å². The molecule has 1 aliphatic heterocycles. The first-order valence-corrected chi connectivity index (χ1v) is 8.34. The van der Waals surface area contributed by atoms with E-state index in [0.29, 0.717) is 5.56 Å². The number of H-pyrrole nitrogens is 1. The van der Waals surface area contributed by atoms with Crippen molar-refractivity contribution in [1.82, 2.24) is 20.1 Å². The minimum absolute atomic E-state index is 0.0696. The van der Waals surface area contributed by atoms with Gasteiger partial charge in [0.25, 0.3) is 0 Å². The van der Waals surface area contributed by atoms with Crippen LogP contribution in [0.5, 0.6) is 0 Å². The van der Waals surface area contributed by atoms with Gasteiger partial charge in [-0.05, 0) is 18.2 Å². The van der Waals surface area contributed by atoms with Gasteiger partial charge in [0.2, 0.25) is 0 Å². The van der Waals surface area contributed by atoms with Gasteiger partial charge >= 0.3 is 0 Å².